The van der Waals surface area contributed by atoms with Crippen LogP contribution in [-0.2, 0) is 21.1 Å². The first-order valence-electron chi connectivity index (χ1n) is 10.3. The van der Waals surface area contributed by atoms with Crippen molar-refractivity contribution in [1.29, 1.82) is 0 Å². The molecule has 0 atom stereocenters. The molecular formula is C23H27N3O3S2. The second-order valence-electron chi connectivity index (χ2n) is 8.32. The number of rotatable bonds is 4. The molecule has 1 aliphatic heterocycles. The molecule has 2 aromatic carbocycles. The zero-order valence-electron chi connectivity index (χ0n) is 18.3. The predicted molar refractivity (Wildman–Crippen MR) is 126 cm³/mol. The third kappa shape index (κ3) is 4.60. The minimum Gasteiger partial charge on any atom is -0.345 e. The highest BCUT2D eigenvalue weighted by molar-refractivity contribution is 7.90. The van der Waals surface area contributed by atoms with E-state index in [2.05, 4.69) is 42.8 Å². The molecule has 31 heavy (non-hydrogen) atoms. The van der Waals surface area contributed by atoms with Gasteiger partial charge < -0.3 is 9.80 Å². The number of aromatic nitrogens is 1. The fourth-order valence-corrected chi connectivity index (χ4v) is 5.94. The Morgan fingerprint density at radius 2 is 1.68 bits per heavy atom. The number of carbonyl (C=O) groups excluding carboxylic acids is 1. The van der Waals surface area contributed by atoms with Crippen LogP contribution in [0.1, 0.15) is 22.3 Å². The van der Waals surface area contributed by atoms with Crippen LogP contribution in [0.25, 0.3) is 10.2 Å². The third-order valence-corrected chi connectivity index (χ3v) is 8.04. The van der Waals surface area contributed by atoms with Gasteiger partial charge in [-0.3, -0.25) is 4.79 Å². The van der Waals surface area contributed by atoms with Crippen LogP contribution in [0, 0.1) is 20.8 Å². The van der Waals surface area contributed by atoms with Crippen molar-refractivity contribution in [1.82, 2.24) is 9.88 Å². The summed E-state index contributed by atoms with van der Waals surface area (Å²) in [4.78, 5) is 22.0. The fraction of sp³-hybridized carbons (Fsp3) is 0.391. The maximum absolute atomic E-state index is 12.9. The summed E-state index contributed by atoms with van der Waals surface area (Å²) in [5.41, 5.74) is 5.50. The molecule has 6 nitrogen and oxygen atoms in total. The van der Waals surface area contributed by atoms with Crippen molar-refractivity contribution in [2.45, 2.75) is 32.1 Å². The lowest BCUT2D eigenvalue weighted by molar-refractivity contribution is -0.130. The summed E-state index contributed by atoms with van der Waals surface area (Å²) in [6.45, 7) is 8.98. The van der Waals surface area contributed by atoms with E-state index >= 15 is 0 Å². The largest absolute Gasteiger partial charge is 0.345 e. The van der Waals surface area contributed by atoms with E-state index in [9.17, 15) is 13.2 Å². The van der Waals surface area contributed by atoms with Gasteiger partial charge in [-0.15, -0.1) is 0 Å². The van der Waals surface area contributed by atoms with Crippen LogP contribution in [0.5, 0.6) is 0 Å². The molecule has 0 N–H and O–H groups in total. The molecular weight excluding hydrogens is 430 g/mol. The molecule has 0 aliphatic carbocycles. The first-order valence-corrected chi connectivity index (χ1v) is 13.0. The molecule has 3 aromatic rings. The molecule has 0 radical (unpaired) electrons. The van der Waals surface area contributed by atoms with Crippen LogP contribution < -0.4 is 4.90 Å². The van der Waals surface area contributed by atoms with Crippen molar-refractivity contribution < 1.29 is 13.2 Å². The number of benzene rings is 2. The molecule has 164 valence electrons. The number of nitrogens with zero attached hydrogens (tertiary/aromatic N) is 3. The lowest BCUT2D eigenvalue weighted by atomic mass is 9.97. The van der Waals surface area contributed by atoms with E-state index in [1.54, 1.807) is 18.2 Å². The van der Waals surface area contributed by atoms with Crippen LogP contribution in [-0.4, -0.2) is 56.6 Å². The number of thiazole rings is 1. The maximum Gasteiger partial charge on any atom is 0.227 e. The SMILES string of the molecule is Cc1cc(C)c(CC(=O)N2CCN(c3nc4ccc(S(C)(=O)=O)cc4s3)CC2)c(C)c1. The monoisotopic (exact) mass is 457 g/mol. The van der Waals surface area contributed by atoms with Gasteiger partial charge in [0.25, 0.3) is 0 Å². The van der Waals surface area contributed by atoms with Crippen LogP contribution >= 0.6 is 11.3 Å². The Hall–Kier alpha value is -2.45. The summed E-state index contributed by atoms with van der Waals surface area (Å²) >= 11 is 1.50. The summed E-state index contributed by atoms with van der Waals surface area (Å²) < 4.78 is 24.5. The van der Waals surface area contributed by atoms with Gasteiger partial charge >= 0.3 is 0 Å². The van der Waals surface area contributed by atoms with Gasteiger partial charge in [-0.1, -0.05) is 29.0 Å². The Balaban J connectivity index is 1.43. The Labute approximate surface area is 187 Å². The Bertz CT molecular complexity index is 1230. The molecule has 8 heteroatoms. The second-order valence-corrected chi connectivity index (χ2v) is 11.3. The summed E-state index contributed by atoms with van der Waals surface area (Å²) in [7, 11) is -3.24. The highest BCUT2D eigenvalue weighted by Crippen LogP contribution is 2.31. The summed E-state index contributed by atoms with van der Waals surface area (Å²) in [5, 5.41) is 0.873. The van der Waals surface area contributed by atoms with Gasteiger partial charge in [0.1, 0.15) is 0 Å². The minimum absolute atomic E-state index is 0.164. The number of hydrogen-bond donors (Lipinski definition) is 0. The van der Waals surface area contributed by atoms with Gasteiger partial charge in [-0.2, -0.15) is 0 Å². The summed E-state index contributed by atoms with van der Waals surface area (Å²) in [6.07, 6.45) is 1.65. The predicted octanol–water partition coefficient (Wildman–Crippen LogP) is 3.52. The van der Waals surface area contributed by atoms with E-state index in [0.717, 1.165) is 34.0 Å². The molecule has 2 heterocycles. The van der Waals surface area contributed by atoms with Gasteiger partial charge in [0, 0.05) is 32.4 Å². The minimum atomic E-state index is -3.24. The van der Waals surface area contributed by atoms with E-state index in [0.29, 0.717) is 24.4 Å². The Morgan fingerprint density at radius 1 is 1.03 bits per heavy atom. The molecule has 1 saturated heterocycles. The van der Waals surface area contributed by atoms with Gasteiger partial charge in [0.2, 0.25) is 5.91 Å². The molecule has 0 unspecified atom stereocenters. The van der Waals surface area contributed by atoms with Crippen LogP contribution in [0.15, 0.2) is 35.2 Å². The molecule has 0 spiro atoms. The Kier molecular flexibility index (Phi) is 5.79. The zero-order chi connectivity index (χ0) is 22.3. The third-order valence-electron chi connectivity index (χ3n) is 5.85. The van der Waals surface area contributed by atoms with Gasteiger partial charge in [0.05, 0.1) is 21.5 Å². The first kappa shape index (κ1) is 21.8. The standard InChI is InChI=1S/C23H27N3O3S2/c1-15-11-16(2)19(17(3)12-15)14-22(27)25-7-9-26(10-8-25)23-24-20-6-5-18(31(4,28)29)13-21(20)30-23/h5-6,11-13H,7-10,14H2,1-4H3. The van der Waals surface area contributed by atoms with Crippen LogP contribution in [0.3, 0.4) is 0 Å². The Morgan fingerprint density at radius 3 is 2.29 bits per heavy atom. The molecule has 0 bridgehead atoms. The van der Waals surface area contributed by atoms with Crippen LogP contribution in [0.2, 0.25) is 0 Å². The highest BCUT2D eigenvalue weighted by Gasteiger charge is 2.24. The van der Waals surface area contributed by atoms with E-state index in [4.69, 9.17) is 0 Å². The van der Waals surface area contributed by atoms with Crippen molar-refractivity contribution in [3.8, 4) is 0 Å². The molecule has 1 amide bonds. The zero-order valence-corrected chi connectivity index (χ0v) is 19.9. The number of aryl methyl sites for hydroxylation is 3. The van der Waals surface area contributed by atoms with Gasteiger partial charge in [-0.25, -0.2) is 13.4 Å². The molecule has 4 rings (SSSR count). The molecule has 1 aromatic heterocycles. The number of sulfone groups is 1. The van der Waals surface area contributed by atoms with E-state index < -0.39 is 9.84 Å². The number of carbonyl (C=O) groups is 1. The molecule has 1 aliphatic rings. The highest BCUT2D eigenvalue weighted by atomic mass is 32.2. The number of fused-ring (bicyclic) bond motifs is 1. The average molecular weight is 458 g/mol. The van der Waals surface area contributed by atoms with Crippen molar-refractivity contribution in [2.75, 3.05) is 37.3 Å². The first-order chi connectivity index (χ1) is 14.6. The topological polar surface area (TPSA) is 70.6 Å². The maximum atomic E-state index is 12.9. The summed E-state index contributed by atoms with van der Waals surface area (Å²) in [5.74, 6) is 0.164. The fourth-order valence-electron chi connectivity index (χ4n) is 4.16. The van der Waals surface area contributed by atoms with Crippen molar-refractivity contribution in [2.24, 2.45) is 0 Å². The van der Waals surface area contributed by atoms with Crippen molar-refractivity contribution >= 4 is 42.4 Å². The normalized spacial score (nSPS) is 15.0. The number of anilines is 1. The summed E-state index contributed by atoms with van der Waals surface area (Å²) in [6, 6.07) is 9.33. The van der Waals surface area contributed by atoms with E-state index in [-0.39, 0.29) is 5.91 Å². The number of hydrogen-bond acceptors (Lipinski definition) is 6. The lowest BCUT2D eigenvalue weighted by Crippen LogP contribution is -2.49. The number of piperazine rings is 1. The quantitative estimate of drug-likeness (QED) is 0.600. The van der Waals surface area contributed by atoms with Gasteiger partial charge in [-0.05, 0) is 55.7 Å². The second kappa shape index (κ2) is 8.24. The van der Waals surface area contributed by atoms with Crippen molar-refractivity contribution in [3.63, 3.8) is 0 Å². The smallest absolute Gasteiger partial charge is 0.227 e. The van der Waals surface area contributed by atoms with Crippen LogP contribution in [0.4, 0.5) is 5.13 Å². The van der Waals surface area contributed by atoms with E-state index in [1.807, 2.05) is 4.90 Å². The molecule has 0 saturated carbocycles. The van der Waals surface area contributed by atoms with Gasteiger partial charge in [0.15, 0.2) is 15.0 Å². The lowest BCUT2D eigenvalue weighted by Gasteiger charge is -2.34. The number of amides is 1. The van der Waals surface area contributed by atoms with Crippen molar-refractivity contribution in [3.05, 3.63) is 52.6 Å². The van der Waals surface area contributed by atoms with E-state index in [1.165, 1.54) is 34.3 Å². The molecule has 1 fully saturated rings. The average Bonchev–Trinajstić information content (AvgIpc) is 3.13.